The molecule has 2 aliphatic rings. The lowest BCUT2D eigenvalue weighted by molar-refractivity contribution is 1.12. The summed E-state index contributed by atoms with van der Waals surface area (Å²) in [5, 5.41) is 3.87. The second-order valence-electron chi connectivity index (χ2n) is 10.9. The van der Waals surface area contributed by atoms with Gasteiger partial charge in [0.25, 0.3) is 0 Å². The third-order valence-electron chi connectivity index (χ3n) is 8.12. The first-order valence-electron chi connectivity index (χ1n) is 14.0. The number of hydrogen-bond acceptors (Lipinski definition) is 3. The van der Waals surface area contributed by atoms with Gasteiger partial charge in [-0.1, -0.05) is 103 Å². The van der Waals surface area contributed by atoms with Gasteiger partial charge >= 0.3 is 0 Å². The van der Waals surface area contributed by atoms with Gasteiger partial charge in [0, 0.05) is 9.79 Å². The van der Waals surface area contributed by atoms with E-state index in [-0.39, 0.29) is 0 Å². The fourth-order valence-electron chi connectivity index (χ4n) is 6.29. The van der Waals surface area contributed by atoms with Crippen molar-refractivity contribution in [2.45, 2.75) is 23.6 Å². The van der Waals surface area contributed by atoms with E-state index < -0.39 is 0 Å². The summed E-state index contributed by atoms with van der Waals surface area (Å²) < 4.78 is 0. The van der Waals surface area contributed by atoms with Crippen LogP contribution in [0.2, 0.25) is 0 Å². The van der Waals surface area contributed by atoms with Crippen molar-refractivity contribution in [2.24, 2.45) is 0 Å². The minimum absolute atomic E-state index is 1.14. The Bertz CT molecular complexity index is 1790. The molecule has 0 atom stereocenters. The lowest BCUT2D eigenvalue weighted by Crippen LogP contribution is -2.23. The molecule has 0 radical (unpaired) electrons. The van der Waals surface area contributed by atoms with Crippen molar-refractivity contribution in [2.75, 3.05) is 10.2 Å². The smallest absolute Gasteiger partial charge is 0.0839 e. The molecule has 196 valence electrons. The minimum Gasteiger partial charge on any atom is -0.352 e. The Morgan fingerprint density at radius 1 is 0.439 bits per heavy atom. The summed E-state index contributed by atoms with van der Waals surface area (Å²) in [6.07, 6.45) is 0. The highest BCUT2D eigenvalue weighted by Crippen LogP contribution is 2.61. The number of anilines is 5. The number of nitrogens with zero attached hydrogens (tertiary/aromatic N) is 1. The lowest BCUT2D eigenvalue weighted by Gasteiger charge is -2.41. The summed E-state index contributed by atoms with van der Waals surface area (Å²) in [5.74, 6) is 0. The molecule has 2 nitrogen and oxygen atoms in total. The van der Waals surface area contributed by atoms with Crippen LogP contribution in [-0.2, 0) is 0 Å². The number of nitrogens with one attached hydrogen (secondary N) is 1. The van der Waals surface area contributed by atoms with Gasteiger partial charge < -0.3 is 10.2 Å². The van der Waals surface area contributed by atoms with Crippen molar-refractivity contribution in [1.29, 1.82) is 0 Å². The summed E-state index contributed by atoms with van der Waals surface area (Å²) in [6, 6.07) is 46.1. The fraction of sp³-hybridized carbons (Fsp3) is 0.0526. The average molecular weight is 545 g/mol. The van der Waals surface area contributed by atoms with Gasteiger partial charge in [0.05, 0.1) is 28.4 Å². The molecule has 2 aliphatic heterocycles. The van der Waals surface area contributed by atoms with E-state index in [1.54, 1.807) is 0 Å². The molecule has 0 amide bonds. The average Bonchev–Trinajstić information content (AvgIpc) is 3.01. The maximum Gasteiger partial charge on any atom is 0.0839 e. The van der Waals surface area contributed by atoms with Crippen LogP contribution in [0, 0.1) is 13.8 Å². The molecule has 0 unspecified atom stereocenters. The van der Waals surface area contributed by atoms with Crippen LogP contribution in [0.4, 0.5) is 28.4 Å². The standard InChI is InChI=1S/C38H28N2S/c1-24-18-29(26-12-6-3-7-13-26)20-32-36(24)40-37-25(2)19-30(27-14-8-4-9-15-27)22-34(37)41-35-23-31(21-33(39-32)38(35)40)28-16-10-5-11-17-28/h3-23,39H,1-2H3. The van der Waals surface area contributed by atoms with E-state index in [1.165, 1.54) is 71.4 Å². The number of benzene rings is 6. The van der Waals surface area contributed by atoms with E-state index in [9.17, 15) is 0 Å². The van der Waals surface area contributed by atoms with Crippen LogP contribution in [0.5, 0.6) is 0 Å². The number of fused-ring (bicyclic) bond motifs is 4. The van der Waals surface area contributed by atoms with Gasteiger partial charge in [-0.25, -0.2) is 0 Å². The minimum atomic E-state index is 1.14. The van der Waals surface area contributed by atoms with Crippen molar-refractivity contribution < 1.29 is 0 Å². The third kappa shape index (κ3) is 3.96. The zero-order chi connectivity index (χ0) is 27.5. The van der Waals surface area contributed by atoms with E-state index in [2.05, 4.69) is 151 Å². The van der Waals surface area contributed by atoms with Gasteiger partial charge in [-0.3, -0.25) is 0 Å². The van der Waals surface area contributed by atoms with E-state index >= 15 is 0 Å². The second kappa shape index (κ2) is 9.43. The zero-order valence-corrected chi connectivity index (χ0v) is 23.8. The van der Waals surface area contributed by atoms with E-state index in [0.717, 1.165) is 11.4 Å². The molecule has 8 rings (SSSR count). The van der Waals surface area contributed by atoms with Crippen molar-refractivity contribution in [1.82, 2.24) is 0 Å². The summed E-state index contributed by atoms with van der Waals surface area (Å²) in [7, 11) is 0. The van der Waals surface area contributed by atoms with Gasteiger partial charge in [0.1, 0.15) is 0 Å². The highest BCUT2D eigenvalue weighted by atomic mass is 32.2. The van der Waals surface area contributed by atoms with Crippen LogP contribution >= 0.6 is 11.8 Å². The molecule has 1 N–H and O–H groups in total. The molecule has 41 heavy (non-hydrogen) atoms. The molecule has 0 saturated carbocycles. The molecule has 2 heterocycles. The van der Waals surface area contributed by atoms with Crippen molar-refractivity contribution in [3.63, 3.8) is 0 Å². The largest absolute Gasteiger partial charge is 0.352 e. The van der Waals surface area contributed by atoms with Gasteiger partial charge in [-0.2, -0.15) is 0 Å². The summed E-state index contributed by atoms with van der Waals surface area (Å²) >= 11 is 1.88. The van der Waals surface area contributed by atoms with Crippen LogP contribution in [0.25, 0.3) is 33.4 Å². The van der Waals surface area contributed by atoms with Crippen molar-refractivity contribution >= 4 is 40.2 Å². The first-order chi connectivity index (χ1) is 20.1. The highest BCUT2D eigenvalue weighted by Gasteiger charge is 2.35. The number of aryl methyl sites for hydroxylation is 2. The van der Waals surface area contributed by atoms with Crippen LogP contribution in [-0.4, -0.2) is 0 Å². The predicted octanol–water partition coefficient (Wildman–Crippen LogP) is 11.3. The zero-order valence-electron chi connectivity index (χ0n) is 23.0. The maximum atomic E-state index is 3.87. The lowest BCUT2D eigenvalue weighted by atomic mass is 9.95. The highest BCUT2D eigenvalue weighted by molar-refractivity contribution is 7.99. The summed E-state index contributed by atoms with van der Waals surface area (Å²) in [5.41, 5.74) is 15.9. The summed E-state index contributed by atoms with van der Waals surface area (Å²) in [4.78, 5) is 5.07. The number of hydrogen-bond donors (Lipinski definition) is 1. The Balaban J connectivity index is 1.38. The normalized spacial score (nSPS) is 12.7. The van der Waals surface area contributed by atoms with Crippen LogP contribution in [0.1, 0.15) is 11.1 Å². The molecule has 0 aromatic heterocycles. The molecule has 0 bridgehead atoms. The van der Waals surface area contributed by atoms with Gasteiger partial charge in [-0.15, -0.1) is 0 Å². The Labute approximate surface area is 245 Å². The van der Waals surface area contributed by atoms with Crippen LogP contribution in [0.15, 0.2) is 137 Å². The molecule has 3 heteroatoms. The van der Waals surface area contributed by atoms with Crippen molar-refractivity contribution in [3.8, 4) is 33.4 Å². The predicted molar refractivity (Wildman–Crippen MR) is 174 cm³/mol. The maximum absolute atomic E-state index is 3.87. The van der Waals surface area contributed by atoms with Crippen LogP contribution < -0.4 is 10.2 Å². The van der Waals surface area contributed by atoms with E-state index in [0.29, 0.717) is 0 Å². The second-order valence-corrected chi connectivity index (χ2v) is 11.9. The van der Waals surface area contributed by atoms with Gasteiger partial charge in [0.15, 0.2) is 0 Å². The molecule has 0 saturated heterocycles. The Hall–Kier alpha value is -4.73. The van der Waals surface area contributed by atoms with Crippen molar-refractivity contribution in [3.05, 3.63) is 139 Å². The molecule has 0 aliphatic carbocycles. The third-order valence-corrected chi connectivity index (χ3v) is 9.18. The monoisotopic (exact) mass is 544 g/mol. The first-order valence-corrected chi connectivity index (χ1v) is 14.8. The molecule has 6 aromatic rings. The molecule has 0 spiro atoms. The fourth-order valence-corrected chi connectivity index (χ4v) is 7.54. The SMILES string of the molecule is Cc1cc(-c2ccccc2)cc2c1N1c3c(C)cc(-c4ccccc4)cc3Sc3cc(-c4ccccc4)cc(c31)N2. The topological polar surface area (TPSA) is 15.3 Å². The van der Waals surface area contributed by atoms with Gasteiger partial charge in [-0.05, 0) is 94.8 Å². The molecule has 6 aromatic carbocycles. The van der Waals surface area contributed by atoms with E-state index in [4.69, 9.17) is 0 Å². The quantitative estimate of drug-likeness (QED) is 0.238. The Kier molecular flexibility index (Phi) is 5.54. The molecular formula is C38H28N2S. The van der Waals surface area contributed by atoms with E-state index in [1.807, 2.05) is 11.8 Å². The number of rotatable bonds is 3. The summed E-state index contributed by atoms with van der Waals surface area (Å²) in [6.45, 7) is 4.50. The molecule has 0 fully saturated rings. The van der Waals surface area contributed by atoms with Gasteiger partial charge in [0.2, 0.25) is 0 Å². The Morgan fingerprint density at radius 2 is 0.854 bits per heavy atom. The first kappa shape index (κ1) is 24.1. The molecular weight excluding hydrogens is 516 g/mol. The van der Waals surface area contributed by atoms with Crippen LogP contribution in [0.3, 0.4) is 0 Å². The Morgan fingerprint density at radius 3 is 1.39 bits per heavy atom.